The number of hydrogen-bond acceptors (Lipinski definition) is 4. The van der Waals surface area contributed by atoms with E-state index in [-0.39, 0.29) is 29.5 Å². The van der Waals surface area contributed by atoms with E-state index in [1.54, 1.807) is 0 Å². The molecule has 4 N–H and O–H groups in total. The molecule has 1 aliphatic heterocycles. The Balaban J connectivity index is 1.99. The zero-order valence-corrected chi connectivity index (χ0v) is 11.6. The molecule has 0 radical (unpaired) electrons. The molecule has 2 aliphatic rings. The molecule has 1 aliphatic carbocycles. The van der Waals surface area contributed by atoms with E-state index in [1.807, 2.05) is 0 Å². The van der Waals surface area contributed by atoms with Gasteiger partial charge >= 0.3 is 0 Å². The summed E-state index contributed by atoms with van der Waals surface area (Å²) in [5.41, 5.74) is 5.94. The van der Waals surface area contributed by atoms with Crippen LogP contribution in [0.3, 0.4) is 0 Å². The van der Waals surface area contributed by atoms with Crippen LogP contribution in [-0.2, 0) is 4.79 Å². The molecule has 0 aromatic rings. The van der Waals surface area contributed by atoms with Crippen molar-refractivity contribution >= 4 is 5.91 Å². The number of rotatable bonds is 3. The monoisotopic (exact) mass is 255 g/mol. The quantitative estimate of drug-likeness (QED) is 0.646. The van der Waals surface area contributed by atoms with Gasteiger partial charge in [-0.3, -0.25) is 9.69 Å². The number of aliphatic hydroxyl groups is 1. The Bertz CT molecular complexity index is 334. The summed E-state index contributed by atoms with van der Waals surface area (Å²) in [6, 6.07) is -0.619. The van der Waals surface area contributed by atoms with Crippen LogP contribution in [0.1, 0.15) is 33.6 Å². The number of nitrogens with zero attached hydrogens (tertiary/aromatic N) is 1. The lowest BCUT2D eigenvalue weighted by Gasteiger charge is -2.31. The van der Waals surface area contributed by atoms with E-state index >= 15 is 0 Å². The van der Waals surface area contributed by atoms with E-state index in [2.05, 4.69) is 31.0 Å². The Labute approximate surface area is 109 Å². The van der Waals surface area contributed by atoms with Crippen LogP contribution in [-0.4, -0.2) is 53.2 Å². The number of carbonyl (C=O) groups is 1. The van der Waals surface area contributed by atoms with Gasteiger partial charge in [-0.15, -0.1) is 0 Å². The first kappa shape index (κ1) is 13.8. The van der Waals surface area contributed by atoms with Crippen molar-refractivity contribution in [3.05, 3.63) is 0 Å². The van der Waals surface area contributed by atoms with Gasteiger partial charge in [-0.05, 0) is 33.6 Å². The average molecular weight is 255 g/mol. The van der Waals surface area contributed by atoms with Gasteiger partial charge < -0.3 is 16.2 Å². The van der Waals surface area contributed by atoms with Crippen molar-refractivity contribution in [2.75, 3.05) is 19.7 Å². The molecule has 5 heteroatoms. The predicted octanol–water partition coefficient (Wildman–Crippen LogP) is -0.315. The fourth-order valence-electron chi connectivity index (χ4n) is 2.71. The molecular formula is C13H25N3O2. The number of likely N-dealkylation sites (tertiary alicyclic amines) is 1. The Kier molecular flexibility index (Phi) is 3.42. The van der Waals surface area contributed by atoms with Gasteiger partial charge in [-0.25, -0.2) is 0 Å². The molecule has 2 fully saturated rings. The number of amides is 1. The van der Waals surface area contributed by atoms with E-state index in [0.717, 1.165) is 13.1 Å². The molecule has 2 rings (SSSR count). The molecule has 18 heavy (non-hydrogen) atoms. The summed E-state index contributed by atoms with van der Waals surface area (Å²) < 4.78 is 0. The van der Waals surface area contributed by atoms with Gasteiger partial charge in [-0.2, -0.15) is 0 Å². The van der Waals surface area contributed by atoms with Gasteiger partial charge in [0.25, 0.3) is 0 Å². The van der Waals surface area contributed by atoms with Crippen molar-refractivity contribution in [1.82, 2.24) is 10.2 Å². The molecule has 0 bridgehead atoms. The van der Waals surface area contributed by atoms with Crippen LogP contribution in [0, 0.1) is 5.41 Å². The fourth-order valence-corrected chi connectivity index (χ4v) is 2.71. The standard InChI is InChI=1S/C13H25N3O2/c1-12(2,3)16-6-10(13(8-16)4-5-13)15-11(18)9(14)7-17/h9-10,17H,4-8,14H2,1-3H3,(H,15,18). The van der Waals surface area contributed by atoms with Crippen molar-refractivity contribution < 1.29 is 9.90 Å². The molecule has 1 saturated heterocycles. The fraction of sp³-hybridized carbons (Fsp3) is 0.923. The molecule has 5 nitrogen and oxygen atoms in total. The van der Waals surface area contributed by atoms with Gasteiger partial charge in [0.05, 0.1) is 6.61 Å². The Hall–Kier alpha value is -0.650. The summed E-state index contributed by atoms with van der Waals surface area (Å²) in [6.07, 6.45) is 2.36. The Morgan fingerprint density at radius 2 is 2.17 bits per heavy atom. The Morgan fingerprint density at radius 1 is 1.56 bits per heavy atom. The van der Waals surface area contributed by atoms with Crippen LogP contribution in [0.2, 0.25) is 0 Å². The SMILES string of the molecule is CC(C)(C)N1CC(NC(=O)C(N)CO)C2(CC2)C1. The van der Waals surface area contributed by atoms with Crippen LogP contribution >= 0.6 is 0 Å². The predicted molar refractivity (Wildman–Crippen MR) is 70.0 cm³/mol. The summed E-state index contributed by atoms with van der Waals surface area (Å²) in [4.78, 5) is 14.2. The summed E-state index contributed by atoms with van der Waals surface area (Å²) in [5, 5.41) is 11.9. The lowest BCUT2D eigenvalue weighted by Crippen LogP contribution is -2.50. The van der Waals surface area contributed by atoms with E-state index < -0.39 is 6.04 Å². The zero-order valence-electron chi connectivity index (χ0n) is 11.6. The first-order chi connectivity index (χ1) is 8.28. The van der Waals surface area contributed by atoms with Crippen molar-refractivity contribution in [1.29, 1.82) is 0 Å². The maximum absolute atomic E-state index is 11.8. The lowest BCUT2D eigenvalue weighted by atomic mass is 10.0. The van der Waals surface area contributed by atoms with Crippen molar-refractivity contribution in [2.24, 2.45) is 11.1 Å². The van der Waals surface area contributed by atoms with Gasteiger partial charge in [0.15, 0.2) is 0 Å². The third kappa shape index (κ3) is 2.53. The molecule has 0 aromatic heterocycles. The van der Waals surface area contributed by atoms with Crippen molar-refractivity contribution in [3.8, 4) is 0 Å². The van der Waals surface area contributed by atoms with E-state index in [4.69, 9.17) is 10.8 Å². The van der Waals surface area contributed by atoms with Gasteiger partial charge in [0.2, 0.25) is 5.91 Å². The first-order valence-electron chi connectivity index (χ1n) is 6.70. The van der Waals surface area contributed by atoms with Gasteiger partial charge in [0, 0.05) is 30.1 Å². The second-order valence-corrected chi connectivity index (χ2v) is 6.76. The Morgan fingerprint density at radius 3 is 2.61 bits per heavy atom. The van der Waals surface area contributed by atoms with Gasteiger partial charge in [0.1, 0.15) is 6.04 Å². The molecule has 2 unspecified atom stereocenters. The van der Waals surface area contributed by atoms with E-state index in [1.165, 1.54) is 12.8 Å². The third-order valence-corrected chi connectivity index (χ3v) is 4.34. The minimum Gasteiger partial charge on any atom is -0.394 e. The zero-order chi connectivity index (χ0) is 13.6. The average Bonchev–Trinajstić information content (AvgIpc) is 2.95. The summed E-state index contributed by atoms with van der Waals surface area (Å²) in [6.45, 7) is 8.24. The summed E-state index contributed by atoms with van der Waals surface area (Å²) >= 11 is 0. The largest absolute Gasteiger partial charge is 0.394 e. The highest BCUT2D eigenvalue weighted by atomic mass is 16.3. The molecule has 104 valence electrons. The van der Waals surface area contributed by atoms with E-state index in [0.29, 0.717) is 0 Å². The van der Waals surface area contributed by atoms with Crippen LogP contribution in [0.4, 0.5) is 0 Å². The summed E-state index contributed by atoms with van der Waals surface area (Å²) in [7, 11) is 0. The molecule has 1 amide bonds. The van der Waals surface area contributed by atoms with Crippen LogP contribution in [0.25, 0.3) is 0 Å². The topological polar surface area (TPSA) is 78.6 Å². The molecule has 1 spiro atoms. The third-order valence-electron chi connectivity index (χ3n) is 4.34. The summed E-state index contributed by atoms with van der Waals surface area (Å²) in [5.74, 6) is -0.232. The molecular weight excluding hydrogens is 230 g/mol. The van der Waals surface area contributed by atoms with Crippen molar-refractivity contribution in [2.45, 2.75) is 51.2 Å². The maximum atomic E-state index is 11.8. The van der Waals surface area contributed by atoms with E-state index in [9.17, 15) is 4.79 Å². The number of hydrogen-bond donors (Lipinski definition) is 3. The minimum absolute atomic E-state index is 0.133. The normalized spacial score (nSPS) is 28.4. The van der Waals surface area contributed by atoms with Crippen LogP contribution in [0.15, 0.2) is 0 Å². The second-order valence-electron chi connectivity index (χ2n) is 6.76. The number of aliphatic hydroxyl groups excluding tert-OH is 1. The first-order valence-corrected chi connectivity index (χ1v) is 6.70. The second kappa shape index (κ2) is 4.47. The lowest BCUT2D eigenvalue weighted by molar-refractivity contribution is -0.124. The minimum atomic E-state index is -0.801. The molecule has 0 aromatic carbocycles. The number of nitrogens with one attached hydrogen (secondary N) is 1. The smallest absolute Gasteiger partial charge is 0.239 e. The maximum Gasteiger partial charge on any atom is 0.239 e. The number of nitrogens with two attached hydrogens (primary N) is 1. The number of carbonyl (C=O) groups excluding carboxylic acids is 1. The highest BCUT2D eigenvalue weighted by molar-refractivity contribution is 5.82. The highest BCUT2D eigenvalue weighted by Gasteiger charge is 2.56. The van der Waals surface area contributed by atoms with Gasteiger partial charge in [-0.1, -0.05) is 0 Å². The van der Waals surface area contributed by atoms with Crippen LogP contribution < -0.4 is 11.1 Å². The van der Waals surface area contributed by atoms with Crippen molar-refractivity contribution in [3.63, 3.8) is 0 Å². The molecule has 2 atom stereocenters. The molecule has 1 heterocycles. The highest BCUT2D eigenvalue weighted by Crippen LogP contribution is 2.53. The molecule has 1 saturated carbocycles. The van der Waals surface area contributed by atoms with Crippen LogP contribution in [0.5, 0.6) is 0 Å².